The van der Waals surface area contributed by atoms with Gasteiger partial charge in [-0.25, -0.2) is 0 Å². The van der Waals surface area contributed by atoms with Gasteiger partial charge in [-0.1, -0.05) is 26.0 Å². The van der Waals surface area contributed by atoms with Gasteiger partial charge in [-0.05, 0) is 43.4 Å². The maximum Gasteiger partial charge on any atom is 0.231 e. The van der Waals surface area contributed by atoms with Gasteiger partial charge in [0.2, 0.25) is 6.79 Å². The number of nitrogens with zero attached hydrogens (tertiary/aromatic N) is 2. The molecule has 0 amide bonds. The lowest BCUT2D eigenvalue weighted by molar-refractivity contribution is 0.168. The normalized spacial score (nSPS) is 20.4. The van der Waals surface area contributed by atoms with E-state index in [0.29, 0.717) is 18.6 Å². The third-order valence-corrected chi connectivity index (χ3v) is 5.17. The fourth-order valence-electron chi connectivity index (χ4n) is 4.07. The molecular weight excluding hydrogens is 314 g/mol. The number of hydrogen-bond donors (Lipinski definition) is 1. The van der Waals surface area contributed by atoms with Crippen molar-refractivity contribution in [1.82, 2.24) is 15.1 Å². The topological polar surface area (TPSA) is 50.4 Å². The van der Waals surface area contributed by atoms with Crippen molar-refractivity contribution in [2.45, 2.75) is 45.6 Å². The Morgan fingerprint density at radius 1 is 1.28 bits per heavy atom. The van der Waals surface area contributed by atoms with Crippen molar-refractivity contribution < 1.29 is 9.47 Å². The van der Waals surface area contributed by atoms with Crippen LogP contribution in [-0.4, -0.2) is 35.0 Å². The molecule has 5 heteroatoms. The van der Waals surface area contributed by atoms with Gasteiger partial charge in [-0.15, -0.1) is 0 Å². The molecule has 0 saturated carbocycles. The van der Waals surface area contributed by atoms with Crippen LogP contribution in [0.2, 0.25) is 0 Å². The molecule has 0 radical (unpaired) electrons. The Labute approximate surface area is 149 Å². The van der Waals surface area contributed by atoms with Crippen molar-refractivity contribution in [1.29, 1.82) is 0 Å². The molecule has 134 valence electrons. The lowest BCUT2D eigenvalue weighted by Crippen LogP contribution is -2.34. The monoisotopic (exact) mass is 341 g/mol. The summed E-state index contributed by atoms with van der Waals surface area (Å²) in [7, 11) is 0. The highest BCUT2D eigenvalue weighted by atomic mass is 16.7. The van der Waals surface area contributed by atoms with E-state index in [1.54, 1.807) is 0 Å². The predicted octanol–water partition coefficient (Wildman–Crippen LogP) is 3.72. The van der Waals surface area contributed by atoms with E-state index in [1.807, 2.05) is 12.3 Å². The number of ether oxygens (including phenoxy) is 2. The summed E-state index contributed by atoms with van der Waals surface area (Å²) in [6, 6.07) is 6.19. The molecule has 3 heterocycles. The van der Waals surface area contributed by atoms with Crippen LogP contribution < -0.4 is 9.47 Å². The zero-order chi connectivity index (χ0) is 17.2. The molecule has 1 saturated heterocycles. The Balaban J connectivity index is 1.47. The van der Waals surface area contributed by atoms with Crippen molar-refractivity contribution in [3.63, 3.8) is 0 Å². The molecule has 1 atom stereocenters. The van der Waals surface area contributed by atoms with Gasteiger partial charge in [-0.2, -0.15) is 5.10 Å². The molecule has 2 aliphatic heterocycles. The first-order chi connectivity index (χ1) is 12.2. The number of rotatable bonds is 5. The van der Waals surface area contributed by atoms with Gasteiger partial charge < -0.3 is 9.47 Å². The molecule has 2 aromatic rings. The molecule has 0 bridgehead atoms. The average Bonchev–Trinajstić information content (AvgIpc) is 3.24. The summed E-state index contributed by atoms with van der Waals surface area (Å²) < 4.78 is 11.2. The molecular formula is C20H27N3O2. The molecule has 4 rings (SSSR count). The fourth-order valence-corrected chi connectivity index (χ4v) is 4.07. The summed E-state index contributed by atoms with van der Waals surface area (Å²) in [5.74, 6) is 2.99. The number of para-hydroxylation sites is 1. The first-order valence-corrected chi connectivity index (χ1v) is 9.32. The summed E-state index contributed by atoms with van der Waals surface area (Å²) in [6.45, 7) is 7.98. The molecule has 1 N–H and O–H groups in total. The smallest absolute Gasteiger partial charge is 0.231 e. The van der Waals surface area contributed by atoms with Crippen LogP contribution in [0.15, 0.2) is 24.4 Å². The van der Waals surface area contributed by atoms with Gasteiger partial charge in [0, 0.05) is 30.3 Å². The number of piperidine rings is 1. The Bertz CT molecular complexity index is 725. The maximum absolute atomic E-state index is 5.67. The lowest BCUT2D eigenvalue weighted by Gasteiger charge is -2.33. The second-order valence-electron chi connectivity index (χ2n) is 7.63. The number of fused-ring (bicyclic) bond motifs is 1. The number of benzene rings is 1. The molecule has 1 aromatic carbocycles. The molecule has 25 heavy (non-hydrogen) atoms. The van der Waals surface area contributed by atoms with Gasteiger partial charge in [0.05, 0.1) is 6.20 Å². The largest absolute Gasteiger partial charge is 0.454 e. The number of likely N-dealkylation sites (tertiary alicyclic amines) is 1. The molecule has 5 nitrogen and oxygen atoms in total. The zero-order valence-electron chi connectivity index (χ0n) is 15.1. The Morgan fingerprint density at radius 3 is 3.08 bits per heavy atom. The van der Waals surface area contributed by atoms with E-state index >= 15 is 0 Å². The highest BCUT2D eigenvalue weighted by Gasteiger charge is 2.26. The second-order valence-corrected chi connectivity index (χ2v) is 7.63. The quantitative estimate of drug-likeness (QED) is 0.900. The highest BCUT2D eigenvalue weighted by Crippen LogP contribution is 2.37. The van der Waals surface area contributed by atoms with E-state index in [4.69, 9.17) is 9.47 Å². The number of hydrogen-bond acceptors (Lipinski definition) is 4. The van der Waals surface area contributed by atoms with E-state index in [-0.39, 0.29) is 0 Å². The number of aromatic nitrogens is 2. The van der Waals surface area contributed by atoms with Crippen LogP contribution in [0.1, 0.15) is 49.4 Å². The summed E-state index contributed by atoms with van der Waals surface area (Å²) in [5, 5.41) is 7.61. The third kappa shape index (κ3) is 3.52. The van der Waals surface area contributed by atoms with Crippen molar-refractivity contribution in [2.75, 3.05) is 19.9 Å². The standard InChI is InChI=1S/C20H27N3O2/c1-14(2)9-17-10-21-22-19(17)15-6-4-8-23(11-15)12-16-5-3-7-18-20(16)25-13-24-18/h3,5,7,10,14-15H,4,6,8-9,11-13H2,1-2H3,(H,21,22). The SMILES string of the molecule is CC(C)Cc1cn[nH]c1C1CCCN(Cc2cccc3c2OCO3)C1. The molecule has 0 aliphatic carbocycles. The van der Waals surface area contributed by atoms with Crippen LogP contribution in [0.4, 0.5) is 0 Å². The molecule has 0 spiro atoms. The van der Waals surface area contributed by atoms with Crippen molar-refractivity contribution >= 4 is 0 Å². The van der Waals surface area contributed by atoms with Crippen LogP contribution in [0.3, 0.4) is 0 Å². The average molecular weight is 341 g/mol. The zero-order valence-corrected chi connectivity index (χ0v) is 15.1. The van der Waals surface area contributed by atoms with Crippen LogP contribution in [0, 0.1) is 5.92 Å². The Kier molecular flexibility index (Phi) is 4.66. The van der Waals surface area contributed by atoms with Gasteiger partial charge in [-0.3, -0.25) is 10.00 Å². The van der Waals surface area contributed by atoms with Crippen LogP contribution in [-0.2, 0) is 13.0 Å². The van der Waals surface area contributed by atoms with E-state index in [9.17, 15) is 0 Å². The first-order valence-electron chi connectivity index (χ1n) is 9.32. The van der Waals surface area contributed by atoms with Crippen LogP contribution in [0.25, 0.3) is 0 Å². The maximum atomic E-state index is 5.67. The highest BCUT2D eigenvalue weighted by molar-refractivity contribution is 5.48. The van der Waals surface area contributed by atoms with Gasteiger partial charge in [0.1, 0.15) is 0 Å². The summed E-state index contributed by atoms with van der Waals surface area (Å²) in [5.41, 5.74) is 3.96. The van der Waals surface area contributed by atoms with E-state index in [2.05, 4.69) is 41.1 Å². The Hall–Kier alpha value is -2.01. The number of H-pyrrole nitrogens is 1. The third-order valence-electron chi connectivity index (χ3n) is 5.17. The number of nitrogens with one attached hydrogen (secondary N) is 1. The minimum Gasteiger partial charge on any atom is -0.454 e. The predicted molar refractivity (Wildman–Crippen MR) is 96.9 cm³/mol. The van der Waals surface area contributed by atoms with Gasteiger partial charge in [0.25, 0.3) is 0 Å². The fraction of sp³-hybridized carbons (Fsp3) is 0.550. The molecule has 1 unspecified atom stereocenters. The van der Waals surface area contributed by atoms with E-state index in [0.717, 1.165) is 37.6 Å². The summed E-state index contributed by atoms with van der Waals surface area (Å²) in [6.07, 6.45) is 5.57. The van der Waals surface area contributed by atoms with Crippen LogP contribution >= 0.6 is 0 Å². The first kappa shape index (κ1) is 16.5. The lowest BCUT2D eigenvalue weighted by atomic mass is 9.90. The summed E-state index contributed by atoms with van der Waals surface area (Å²) >= 11 is 0. The summed E-state index contributed by atoms with van der Waals surface area (Å²) in [4.78, 5) is 2.53. The molecule has 1 fully saturated rings. The van der Waals surface area contributed by atoms with Gasteiger partial charge in [0.15, 0.2) is 11.5 Å². The van der Waals surface area contributed by atoms with Crippen molar-refractivity contribution in [2.24, 2.45) is 5.92 Å². The molecule has 2 aliphatic rings. The van der Waals surface area contributed by atoms with E-state index in [1.165, 1.54) is 29.7 Å². The van der Waals surface area contributed by atoms with Crippen molar-refractivity contribution in [3.8, 4) is 11.5 Å². The molecule has 1 aromatic heterocycles. The minimum absolute atomic E-state index is 0.335. The Morgan fingerprint density at radius 2 is 2.20 bits per heavy atom. The van der Waals surface area contributed by atoms with E-state index < -0.39 is 0 Å². The second kappa shape index (κ2) is 7.08. The van der Waals surface area contributed by atoms with Gasteiger partial charge >= 0.3 is 0 Å². The number of aromatic amines is 1. The van der Waals surface area contributed by atoms with Crippen LogP contribution in [0.5, 0.6) is 11.5 Å². The van der Waals surface area contributed by atoms with Crippen molar-refractivity contribution in [3.05, 3.63) is 41.2 Å². The minimum atomic E-state index is 0.335.